The highest BCUT2D eigenvalue weighted by Gasteiger charge is 2.39. The summed E-state index contributed by atoms with van der Waals surface area (Å²) in [7, 11) is 0. The zero-order valence-corrected chi connectivity index (χ0v) is 16.0. The fraction of sp³-hybridized carbons (Fsp3) is 0.900. The van der Waals surface area contributed by atoms with E-state index in [2.05, 4.69) is 12.2 Å². The van der Waals surface area contributed by atoms with Crippen molar-refractivity contribution in [3.63, 3.8) is 0 Å². The first kappa shape index (κ1) is 21.1. The fourth-order valence-corrected chi connectivity index (χ4v) is 3.63. The Morgan fingerprint density at radius 2 is 1.71 bits per heavy atom. The van der Waals surface area contributed by atoms with Crippen molar-refractivity contribution < 1.29 is 9.59 Å². The topological polar surface area (TPSA) is 72.2 Å². The van der Waals surface area contributed by atoms with Gasteiger partial charge in [-0.25, -0.2) is 0 Å². The molecule has 2 atom stereocenters. The van der Waals surface area contributed by atoms with Gasteiger partial charge in [0.1, 0.15) is 5.78 Å². The van der Waals surface area contributed by atoms with Crippen LogP contribution in [0.4, 0.5) is 0 Å². The fourth-order valence-electron chi connectivity index (χ4n) is 3.63. The number of unbranched alkanes of at least 4 members (excludes halogenated alkanes) is 7. The Morgan fingerprint density at radius 3 is 2.33 bits per heavy atom. The molecule has 1 saturated heterocycles. The molecule has 1 rings (SSSR count). The van der Waals surface area contributed by atoms with Gasteiger partial charge in [-0.1, -0.05) is 72.1 Å². The zero-order chi connectivity index (χ0) is 18.0. The summed E-state index contributed by atoms with van der Waals surface area (Å²) in [6.07, 6.45) is 12.6. The first-order valence-corrected chi connectivity index (χ1v) is 9.97. The van der Waals surface area contributed by atoms with E-state index in [1.807, 2.05) is 13.8 Å². The third kappa shape index (κ3) is 6.92. The van der Waals surface area contributed by atoms with Crippen molar-refractivity contribution in [2.24, 2.45) is 17.1 Å². The molecule has 24 heavy (non-hydrogen) atoms. The monoisotopic (exact) mass is 338 g/mol. The minimum Gasteiger partial charge on any atom is -0.355 e. The normalized spacial score (nSPS) is 22.1. The van der Waals surface area contributed by atoms with Crippen LogP contribution in [0.2, 0.25) is 0 Å². The Bertz CT molecular complexity index is 393. The molecular formula is C20H38N2O2. The van der Waals surface area contributed by atoms with Crippen LogP contribution in [0.3, 0.4) is 0 Å². The maximum atomic E-state index is 12.9. The Kier molecular flexibility index (Phi) is 9.57. The van der Waals surface area contributed by atoms with Crippen LogP contribution in [0, 0.1) is 11.3 Å². The smallest absolute Gasteiger partial charge is 0.237 e. The molecule has 4 heteroatoms. The Labute approximate surface area is 148 Å². The second-order valence-corrected chi connectivity index (χ2v) is 8.04. The number of hydrogen-bond donors (Lipinski definition) is 2. The SMILES string of the molecule is CCCCCCCCCCC(C)(C)C(=O)C1CCCNC(=O)[C@H]1N. The summed E-state index contributed by atoms with van der Waals surface area (Å²) in [5.41, 5.74) is 5.64. The molecular weight excluding hydrogens is 300 g/mol. The summed E-state index contributed by atoms with van der Waals surface area (Å²) >= 11 is 0. The summed E-state index contributed by atoms with van der Waals surface area (Å²) in [5, 5.41) is 2.80. The molecule has 0 aromatic heterocycles. The molecule has 0 radical (unpaired) electrons. The number of Topliss-reactive ketones (excluding diaryl/α,β-unsaturated/α-hetero) is 1. The third-order valence-corrected chi connectivity index (χ3v) is 5.39. The molecule has 1 aliphatic heterocycles. The molecule has 4 nitrogen and oxygen atoms in total. The quantitative estimate of drug-likeness (QED) is 0.560. The number of nitrogens with two attached hydrogens (primary N) is 1. The van der Waals surface area contributed by atoms with Gasteiger partial charge in [0.25, 0.3) is 0 Å². The van der Waals surface area contributed by atoms with E-state index in [1.165, 1.54) is 44.9 Å². The van der Waals surface area contributed by atoms with Crippen LogP contribution in [0.1, 0.15) is 91.4 Å². The van der Waals surface area contributed by atoms with Gasteiger partial charge in [0, 0.05) is 17.9 Å². The average molecular weight is 339 g/mol. The largest absolute Gasteiger partial charge is 0.355 e. The van der Waals surface area contributed by atoms with Gasteiger partial charge in [0.15, 0.2) is 0 Å². The van der Waals surface area contributed by atoms with E-state index in [9.17, 15) is 9.59 Å². The van der Waals surface area contributed by atoms with Gasteiger partial charge < -0.3 is 11.1 Å². The van der Waals surface area contributed by atoms with Crippen LogP contribution < -0.4 is 11.1 Å². The average Bonchev–Trinajstić information content (AvgIpc) is 2.71. The molecule has 1 fully saturated rings. The van der Waals surface area contributed by atoms with Crippen molar-refractivity contribution in [3.8, 4) is 0 Å². The highest BCUT2D eigenvalue weighted by Crippen LogP contribution is 2.31. The van der Waals surface area contributed by atoms with Crippen LogP contribution in [-0.4, -0.2) is 24.3 Å². The molecule has 1 unspecified atom stereocenters. The number of carbonyl (C=O) groups is 2. The lowest BCUT2D eigenvalue weighted by Crippen LogP contribution is -2.48. The maximum absolute atomic E-state index is 12.9. The number of ketones is 1. The molecule has 140 valence electrons. The lowest BCUT2D eigenvalue weighted by Gasteiger charge is -2.30. The van der Waals surface area contributed by atoms with Gasteiger partial charge >= 0.3 is 0 Å². The molecule has 1 heterocycles. The highest BCUT2D eigenvalue weighted by atomic mass is 16.2. The van der Waals surface area contributed by atoms with Crippen molar-refractivity contribution in [1.29, 1.82) is 0 Å². The second kappa shape index (κ2) is 10.9. The Balaban J connectivity index is 2.35. The van der Waals surface area contributed by atoms with Crippen molar-refractivity contribution in [2.45, 2.75) is 97.4 Å². The molecule has 0 saturated carbocycles. The minimum absolute atomic E-state index is 0.172. The Hall–Kier alpha value is -0.900. The highest BCUT2D eigenvalue weighted by molar-refractivity contribution is 5.93. The van der Waals surface area contributed by atoms with Gasteiger partial charge in [0.2, 0.25) is 5.91 Å². The van der Waals surface area contributed by atoms with Gasteiger partial charge in [-0.15, -0.1) is 0 Å². The molecule has 1 aliphatic rings. The first-order chi connectivity index (χ1) is 11.4. The maximum Gasteiger partial charge on any atom is 0.237 e. The van der Waals surface area contributed by atoms with Gasteiger partial charge in [-0.05, 0) is 19.3 Å². The lowest BCUT2D eigenvalue weighted by molar-refractivity contribution is -0.135. The van der Waals surface area contributed by atoms with Crippen molar-refractivity contribution in [1.82, 2.24) is 5.32 Å². The number of carbonyl (C=O) groups excluding carboxylic acids is 2. The van der Waals surface area contributed by atoms with E-state index in [0.717, 1.165) is 25.7 Å². The summed E-state index contributed by atoms with van der Waals surface area (Å²) in [6.45, 7) is 6.91. The summed E-state index contributed by atoms with van der Waals surface area (Å²) in [5.74, 6) is -0.319. The molecule has 0 aromatic carbocycles. The number of amides is 1. The lowest BCUT2D eigenvalue weighted by atomic mass is 9.74. The van der Waals surface area contributed by atoms with E-state index in [1.54, 1.807) is 0 Å². The molecule has 0 aromatic rings. The van der Waals surface area contributed by atoms with Crippen molar-refractivity contribution >= 4 is 11.7 Å². The van der Waals surface area contributed by atoms with E-state index in [-0.39, 0.29) is 23.0 Å². The third-order valence-electron chi connectivity index (χ3n) is 5.39. The van der Waals surface area contributed by atoms with E-state index < -0.39 is 6.04 Å². The number of nitrogens with one attached hydrogen (secondary N) is 1. The van der Waals surface area contributed by atoms with E-state index >= 15 is 0 Å². The van der Waals surface area contributed by atoms with Crippen molar-refractivity contribution in [2.75, 3.05) is 6.54 Å². The minimum atomic E-state index is -0.683. The van der Waals surface area contributed by atoms with Crippen LogP contribution in [0.5, 0.6) is 0 Å². The number of hydrogen-bond acceptors (Lipinski definition) is 3. The van der Waals surface area contributed by atoms with E-state index in [4.69, 9.17) is 5.73 Å². The molecule has 1 amide bonds. The predicted octanol–water partition coefficient (Wildman–Crippen LogP) is 3.97. The van der Waals surface area contributed by atoms with Crippen LogP contribution in [0.15, 0.2) is 0 Å². The van der Waals surface area contributed by atoms with Gasteiger partial charge in [0.05, 0.1) is 6.04 Å². The number of rotatable bonds is 11. The Morgan fingerprint density at radius 1 is 1.12 bits per heavy atom. The van der Waals surface area contributed by atoms with Crippen LogP contribution >= 0.6 is 0 Å². The van der Waals surface area contributed by atoms with Crippen LogP contribution in [-0.2, 0) is 9.59 Å². The van der Waals surface area contributed by atoms with Crippen LogP contribution in [0.25, 0.3) is 0 Å². The van der Waals surface area contributed by atoms with Crippen molar-refractivity contribution in [3.05, 3.63) is 0 Å². The summed E-state index contributed by atoms with van der Waals surface area (Å²) in [4.78, 5) is 24.8. The summed E-state index contributed by atoms with van der Waals surface area (Å²) in [6, 6.07) is -0.683. The molecule has 0 bridgehead atoms. The van der Waals surface area contributed by atoms with E-state index in [0.29, 0.717) is 6.54 Å². The van der Waals surface area contributed by atoms with Gasteiger partial charge in [-0.3, -0.25) is 9.59 Å². The summed E-state index contributed by atoms with van der Waals surface area (Å²) < 4.78 is 0. The van der Waals surface area contributed by atoms with Gasteiger partial charge in [-0.2, -0.15) is 0 Å². The molecule has 3 N–H and O–H groups in total. The molecule has 0 spiro atoms. The first-order valence-electron chi connectivity index (χ1n) is 9.97. The predicted molar refractivity (Wildman–Crippen MR) is 99.7 cm³/mol. The molecule has 0 aliphatic carbocycles. The second-order valence-electron chi connectivity index (χ2n) is 8.04. The standard InChI is InChI=1S/C20H38N2O2/c1-4-5-6-7-8-9-10-11-14-20(2,3)18(23)16-13-12-15-22-19(24)17(16)21/h16-17H,4-15,21H2,1-3H3,(H,22,24)/t16?,17-/m0/s1. The zero-order valence-electron chi connectivity index (χ0n) is 16.0.